The fourth-order valence-corrected chi connectivity index (χ4v) is 3.60. The standard InChI is InChI=1S/C26H21FN2O4/c1-16-15-19(13-14-21(16)27)17-9-11-18(12-10-17)23-22(25(30)32-2)24(26(31)33-3)29(28-23)20-7-5-4-6-8-20/h4-15H,1-3H3. The molecule has 33 heavy (non-hydrogen) atoms. The Hall–Kier alpha value is -4.26. The smallest absolute Gasteiger partial charge is 0.357 e. The Morgan fingerprint density at radius 2 is 1.42 bits per heavy atom. The topological polar surface area (TPSA) is 70.4 Å². The number of methoxy groups -OCH3 is 2. The third-order valence-corrected chi connectivity index (χ3v) is 5.30. The number of carbonyl (C=O) groups excluding carboxylic acids is 2. The number of carbonyl (C=O) groups is 2. The molecule has 4 rings (SSSR count). The Morgan fingerprint density at radius 1 is 0.818 bits per heavy atom. The van der Waals surface area contributed by atoms with Crippen molar-refractivity contribution in [2.24, 2.45) is 0 Å². The van der Waals surface area contributed by atoms with Crippen molar-refractivity contribution in [2.75, 3.05) is 14.2 Å². The van der Waals surface area contributed by atoms with Crippen molar-refractivity contribution in [2.45, 2.75) is 6.92 Å². The van der Waals surface area contributed by atoms with Gasteiger partial charge < -0.3 is 9.47 Å². The average molecular weight is 444 g/mol. The fourth-order valence-electron chi connectivity index (χ4n) is 3.60. The summed E-state index contributed by atoms with van der Waals surface area (Å²) in [7, 11) is 2.48. The van der Waals surface area contributed by atoms with Crippen LogP contribution in [0.1, 0.15) is 26.4 Å². The molecule has 7 heteroatoms. The summed E-state index contributed by atoms with van der Waals surface area (Å²) in [6, 6.07) is 21.2. The van der Waals surface area contributed by atoms with E-state index in [2.05, 4.69) is 5.10 Å². The Balaban J connectivity index is 1.88. The number of benzene rings is 3. The van der Waals surface area contributed by atoms with Crippen LogP contribution in [0.4, 0.5) is 4.39 Å². The van der Waals surface area contributed by atoms with Crippen LogP contribution in [-0.4, -0.2) is 35.9 Å². The summed E-state index contributed by atoms with van der Waals surface area (Å²) in [6.45, 7) is 1.71. The highest BCUT2D eigenvalue weighted by Gasteiger charge is 2.31. The van der Waals surface area contributed by atoms with E-state index >= 15 is 0 Å². The van der Waals surface area contributed by atoms with Crippen molar-refractivity contribution in [1.29, 1.82) is 0 Å². The van der Waals surface area contributed by atoms with Crippen molar-refractivity contribution in [3.05, 3.63) is 95.4 Å². The Kier molecular flexibility index (Phi) is 6.04. The average Bonchev–Trinajstić information content (AvgIpc) is 3.26. The van der Waals surface area contributed by atoms with E-state index in [1.165, 1.54) is 25.0 Å². The van der Waals surface area contributed by atoms with Crippen LogP contribution in [0.15, 0.2) is 72.8 Å². The van der Waals surface area contributed by atoms with Crippen molar-refractivity contribution >= 4 is 11.9 Å². The fraction of sp³-hybridized carbons (Fsp3) is 0.115. The zero-order valence-corrected chi connectivity index (χ0v) is 18.3. The molecule has 4 aromatic rings. The number of para-hydroxylation sites is 1. The van der Waals surface area contributed by atoms with E-state index in [1.807, 2.05) is 18.2 Å². The largest absolute Gasteiger partial charge is 0.465 e. The predicted molar refractivity (Wildman–Crippen MR) is 122 cm³/mol. The van der Waals surface area contributed by atoms with Crippen LogP contribution in [0, 0.1) is 12.7 Å². The molecule has 0 spiro atoms. The molecule has 0 amide bonds. The maximum Gasteiger partial charge on any atom is 0.357 e. The van der Waals surface area contributed by atoms with Gasteiger partial charge in [0.05, 0.1) is 19.9 Å². The van der Waals surface area contributed by atoms with Crippen molar-refractivity contribution in [1.82, 2.24) is 9.78 Å². The molecule has 0 saturated heterocycles. The summed E-state index contributed by atoms with van der Waals surface area (Å²) in [6.07, 6.45) is 0. The number of hydrogen-bond donors (Lipinski definition) is 0. The van der Waals surface area contributed by atoms with Gasteiger partial charge in [0.1, 0.15) is 17.1 Å². The van der Waals surface area contributed by atoms with Gasteiger partial charge in [0, 0.05) is 5.56 Å². The molecule has 0 N–H and O–H groups in total. The SMILES string of the molecule is COC(=O)c1c(-c2ccc(-c3ccc(F)c(C)c3)cc2)nn(-c2ccccc2)c1C(=O)OC. The third kappa shape index (κ3) is 4.13. The Morgan fingerprint density at radius 3 is 2.03 bits per heavy atom. The zero-order chi connectivity index (χ0) is 23.5. The number of rotatable bonds is 5. The first-order valence-electron chi connectivity index (χ1n) is 10.2. The van der Waals surface area contributed by atoms with Gasteiger partial charge in [0.15, 0.2) is 5.69 Å². The molecule has 0 radical (unpaired) electrons. The highest BCUT2D eigenvalue weighted by atomic mass is 19.1. The second-order valence-electron chi connectivity index (χ2n) is 7.34. The molecule has 0 saturated carbocycles. The quantitative estimate of drug-likeness (QED) is 0.395. The molecular weight excluding hydrogens is 423 g/mol. The van der Waals surface area contributed by atoms with Crippen molar-refractivity contribution in [3.8, 4) is 28.1 Å². The van der Waals surface area contributed by atoms with Gasteiger partial charge in [0.2, 0.25) is 0 Å². The predicted octanol–water partition coefficient (Wildman–Crippen LogP) is 5.23. The summed E-state index contributed by atoms with van der Waals surface area (Å²) in [5, 5.41) is 4.58. The van der Waals surface area contributed by atoms with Gasteiger partial charge in [-0.05, 0) is 47.9 Å². The van der Waals surface area contributed by atoms with Gasteiger partial charge in [-0.15, -0.1) is 0 Å². The van der Waals surface area contributed by atoms with Gasteiger partial charge in [0.25, 0.3) is 0 Å². The minimum atomic E-state index is -0.712. The van der Waals surface area contributed by atoms with E-state index in [0.717, 1.165) is 11.1 Å². The third-order valence-electron chi connectivity index (χ3n) is 5.30. The molecule has 6 nitrogen and oxygen atoms in total. The maximum atomic E-state index is 13.6. The first kappa shape index (κ1) is 22.0. The van der Waals surface area contributed by atoms with E-state index in [1.54, 1.807) is 55.5 Å². The number of nitrogens with zero attached hydrogens (tertiary/aromatic N) is 2. The van der Waals surface area contributed by atoms with Crippen molar-refractivity contribution in [3.63, 3.8) is 0 Å². The first-order valence-corrected chi connectivity index (χ1v) is 10.2. The number of hydrogen-bond acceptors (Lipinski definition) is 5. The summed E-state index contributed by atoms with van der Waals surface area (Å²) < 4.78 is 24.9. The monoisotopic (exact) mass is 444 g/mol. The summed E-state index contributed by atoms with van der Waals surface area (Å²) in [4.78, 5) is 25.4. The summed E-state index contributed by atoms with van der Waals surface area (Å²) >= 11 is 0. The molecule has 0 bridgehead atoms. The zero-order valence-electron chi connectivity index (χ0n) is 18.3. The molecule has 1 aromatic heterocycles. The first-order chi connectivity index (χ1) is 15.9. The van der Waals surface area contributed by atoms with Gasteiger partial charge in [-0.2, -0.15) is 5.10 Å². The Bertz CT molecular complexity index is 1330. The highest BCUT2D eigenvalue weighted by Crippen LogP contribution is 2.31. The normalized spacial score (nSPS) is 10.7. The van der Waals surface area contributed by atoms with Crippen LogP contribution >= 0.6 is 0 Å². The lowest BCUT2D eigenvalue weighted by Crippen LogP contribution is -2.15. The van der Waals surface area contributed by atoms with Crippen LogP contribution in [0.3, 0.4) is 0 Å². The molecule has 1 heterocycles. The minimum Gasteiger partial charge on any atom is -0.465 e. The van der Waals surface area contributed by atoms with E-state index < -0.39 is 11.9 Å². The highest BCUT2D eigenvalue weighted by molar-refractivity contribution is 6.06. The molecular formula is C26H21FN2O4. The number of aryl methyl sites for hydroxylation is 1. The molecule has 3 aromatic carbocycles. The van der Waals surface area contributed by atoms with Crippen LogP contribution in [0.2, 0.25) is 0 Å². The molecule has 0 aliphatic carbocycles. The van der Waals surface area contributed by atoms with Gasteiger partial charge in [-0.1, -0.05) is 48.5 Å². The van der Waals surface area contributed by atoms with Crippen LogP contribution in [0.5, 0.6) is 0 Å². The molecule has 0 aliphatic heterocycles. The van der Waals surface area contributed by atoms with E-state index in [-0.39, 0.29) is 22.8 Å². The van der Waals surface area contributed by atoms with Gasteiger partial charge in [-0.3, -0.25) is 0 Å². The van der Waals surface area contributed by atoms with E-state index in [9.17, 15) is 14.0 Å². The number of aromatic nitrogens is 2. The number of esters is 2. The lowest BCUT2D eigenvalue weighted by atomic mass is 9.99. The second kappa shape index (κ2) is 9.08. The van der Waals surface area contributed by atoms with Crippen LogP contribution < -0.4 is 0 Å². The van der Waals surface area contributed by atoms with E-state index in [4.69, 9.17) is 9.47 Å². The van der Waals surface area contributed by atoms with E-state index in [0.29, 0.717) is 16.8 Å². The summed E-state index contributed by atoms with van der Waals surface area (Å²) in [5.41, 5.74) is 3.76. The lowest BCUT2D eigenvalue weighted by Gasteiger charge is -2.07. The Labute approximate surface area is 190 Å². The number of halogens is 1. The lowest BCUT2D eigenvalue weighted by molar-refractivity contribution is 0.0549. The van der Waals surface area contributed by atoms with Crippen molar-refractivity contribution < 1.29 is 23.5 Å². The molecule has 0 unspecified atom stereocenters. The minimum absolute atomic E-state index is 0.0126. The molecule has 0 atom stereocenters. The number of ether oxygens (including phenoxy) is 2. The molecule has 0 fully saturated rings. The van der Waals surface area contributed by atoms with Gasteiger partial charge >= 0.3 is 11.9 Å². The van der Waals surface area contributed by atoms with Gasteiger partial charge in [-0.25, -0.2) is 18.7 Å². The summed E-state index contributed by atoms with van der Waals surface area (Å²) in [5.74, 6) is -1.68. The molecule has 0 aliphatic rings. The molecule has 166 valence electrons. The van der Waals surface area contributed by atoms with Crippen LogP contribution in [0.25, 0.3) is 28.1 Å². The maximum absolute atomic E-state index is 13.6. The second-order valence-corrected chi connectivity index (χ2v) is 7.34. The van der Waals surface area contributed by atoms with Crippen LogP contribution in [-0.2, 0) is 9.47 Å².